The second-order valence-corrected chi connectivity index (χ2v) is 8.47. The van der Waals surface area contributed by atoms with Gasteiger partial charge in [-0.05, 0) is 51.7 Å². The molecule has 6 heteroatoms. The molecule has 0 atom stereocenters. The molecule has 4 rings (SSSR count). The fourth-order valence-electron chi connectivity index (χ4n) is 4.72. The van der Waals surface area contributed by atoms with E-state index in [1.165, 1.54) is 17.7 Å². The van der Waals surface area contributed by atoms with E-state index >= 15 is 0 Å². The number of anilines is 1. The first-order chi connectivity index (χ1) is 13.4. The van der Waals surface area contributed by atoms with Crippen molar-refractivity contribution in [3.8, 4) is 5.75 Å². The summed E-state index contributed by atoms with van der Waals surface area (Å²) in [5.74, 6) is 0.945. The van der Waals surface area contributed by atoms with E-state index < -0.39 is 0 Å². The quantitative estimate of drug-likeness (QED) is 0.819. The number of rotatable bonds is 3. The first kappa shape index (κ1) is 18.8. The van der Waals surface area contributed by atoms with Crippen molar-refractivity contribution < 1.29 is 9.53 Å². The highest BCUT2D eigenvalue weighted by atomic mass is 16.5. The molecule has 2 heterocycles. The smallest absolute Gasteiger partial charge is 0.274 e. The Kier molecular flexibility index (Phi) is 4.81. The van der Waals surface area contributed by atoms with E-state index in [0.29, 0.717) is 18.8 Å². The monoisotopic (exact) mass is 382 g/mol. The molecule has 1 aliphatic heterocycles. The van der Waals surface area contributed by atoms with Gasteiger partial charge >= 0.3 is 0 Å². The summed E-state index contributed by atoms with van der Waals surface area (Å²) in [7, 11) is 3.67. The standard InChI is InChI=1S/C22H30N4O2/c1-22(2)15-25(13-14-26(22)18-11-7-8-12-19(18)28-4)21(27)20-16-9-5-6-10-17(16)24(3)23-20/h7-8,11-12H,5-6,9-10,13-15H2,1-4H3. The highest BCUT2D eigenvalue weighted by Gasteiger charge is 2.38. The van der Waals surface area contributed by atoms with Crippen molar-refractivity contribution in [1.29, 1.82) is 0 Å². The predicted octanol–water partition coefficient (Wildman–Crippen LogP) is 3.05. The van der Waals surface area contributed by atoms with Gasteiger partial charge in [0.1, 0.15) is 5.75 Å². The third kappa shape index (κ3) is 3.15. The molecule has 6 nitrogen and oxygen atoms in total. The number of carbonyl (C=O) groups is 1. The van der Waals surface area contributed by atoms with Crippen LogP contribution in [0.3, 0.4) is 0 Å². The largest absolute Gasteiger partial charge is 0.495 e. The number of fused-ring (bicyclic) bond motifs is 1. The van der Waals surface area contributed by atoms with Gasteiger partial charge in [-0.15, -0.1) is 0 Å². The van der Waals surface area contributed by atoms with Gasteiger partial charge < -0.3 is 14.5 Å². The van der Waals surface area contributed by atoms with Crippen molar-refractivity contribution in [3.05, 3.63) is 41.2 Å². The van der Waals surface area contributed by atoms with Crippen molar-refractivity contribution in [3.63, 3.8) is 0 Å². The molecule has 1 fully saturated rings. The second kappa shape index (κ2) is 7.15. The third-order valence-corrected chi connectivity index (χ3v) is 6.13. The first-order valence-electron chi connectivity index (χ1n) is 10.2. The molecule has 2 aliphatic rings. The van der Waals surface area contributed by atoms with Crippen LogP contribution in [0.15, 0.2) is 24.3 Å². The average molecular weight is 383 g/mol. The minimum atomic E-state index is -0.197. The van der Waals surface area contributed by atoms with Crippen LogP contribution in [0, 0.1) is 0 Å². The lowest BCUT2D eigenvalue weighted by Gasteiger charge is -2.48. The number of amides is 1. The summed E-state index contributed by atoms with van der Waals surface area (Å²) in [4.78, 5) is 17.7. The second-order valence-electron chi connectivity index (χ2n) is 8.47. The van der Waals surface area contributed by atoms with Crippen LogP contribution in [0.5, 0.6) is 5.75 Å². The van der Waals surface area contributed by atoms with Gasteiger partial charge in [0.15, 0.2) is 5.69 Å². The molecule has 150 valence electrons. The Labute approximate surface area is 167 Å². The Bertz CT molecular complexity index is 887. The number of benzene rings is 1. The summed E-state index contributed by atoms with van der Waals surface area (Å²) in [5.41, 5.74) is 3.96. The van der Waals surface area contributed by atoms with Gasteiger partial charge in [0, 0.05) is 37.9 Å². The summed E-state index contributed by atoms with van der Waals surface area (Å²) in [5, 5.41) is 4.61. The molecular formula is C22H30N4O2. The van der Waals surface area contributed by atoms with Crippen molar-refractivity contribution in [2.45, 2.75) is 45.1 Å². The van der Waals surface area contributed by atoms with Gasteiger partial charge in [-0.1, -0.05) is 12.1 Å². The molecule has 0 radical (unpaired) electrons. The van der Waals surface area contributed by atoms with Gasteiger partial charge in [-0.2, -0.15) is 5.10 Å². The molecule has 0 bridgehead atoms. The zero-order valence-corrected chi connectivity index (χ0v) is 17.4. The molecule has 0 saturated carbocycles. The lowest BCUT2D eigenvalue weighted by molar-refractivity contribution is 0.0678. The van der Waals surface area contributed by atoms with Crippen LogP contribution in [-0.4, -0.2) is 52.9 Å². The number of hydrogen-bond acceptors (Lipinski definition) is 4. The minimum Gasteiger partial charge on any atom is -0.495 e. The van der Waals surface area contributed by atoms with E-state index in [1.807, 2.05) is 34.8 Å². The zero-order valence-electron chi connectivity index (χ0n) is 17.4. The minimum absolute atomic E-state index is 0.0755. The van der Waals surface area contributed by atoms with E-state index in [1.54, 1.807) is 7.11 Å². The molecule has 2 aromatic rings. The van der Waals surface area contributed by atoms with Gasteiger partial charge in [-0.25, -0.2) is 0 Å². The maximum Gasteiger partial charge on any atom is 0.274 e. The molecule has 0 unspecified atom stereocenters. The summed E-state index contributed by atoms with van der Waals surface area (Å²) >= 11 is 0. The summed E-state index contributed by atoms with van der Waals surface area (Å²) in [6, 6.07) is 8.10. The van der Waals surface area contributed by atoms with Crippen LogP contribution in [0.4, 0.5) is 5.69 Å². The van der Waals surface area contributed by atoms with Crippen LogP contribution >= 0.6 is 0 Å². The zero-order chi connectivity index (χ0) is 19.9. The van der Waals surface area contributed by atoms with Crippen molar-refractivity contribution in [1.82, 2.24) is 14.7 Å². The fourth-order valence-corrected chi connectivity index (χ4v) is 4.72. The fraction of sp³-hybridized carbons (Fsp3) is 0.545. The van der Waals surface area contributed by atoms with Crippen LogP contribution in [0.25, 0.3) is 0 Å². The van der Waals surface area contributed by atoms with E-state index in [4.69, 9.17) is 4.74 Å². The molecule has 28 heavy (non-hydrogen) atoms. The number of para-hydroxylation sites is 2. The highest BCUT2D eigenvalue weighted by molar-refractivity contribution is 5.94. The van der Waals surface area contributed by atoms with E-state index in [0.717, 1.165) is 37.2 Å². The number of aryl methyl sites for hydroxylation is 1. The summed E-state index contributed by atoms with van der Waals surface area (Å²) in [6.07, 6.45) is 4.32. The molecule has 1 aromatic carbocycles. The third-order valence-electron chi connectivity index (χ3n) is 6.13. The number of carbonyl (C=O) groups excluding carboxylic acids is 1. The Hall–Kier alpha value is -2.50. The van der Waals surface area contributed by atoms with Gasteiger partial charge in [0.25, 0.3) is 5.91 Å². The maximum absolute atomic E-state index is 13.3. The number of hydrogen-bond donors (Lipinski definition) is 0. The Morgan fingerprint density at radius 2 is 1.89 bits per heavy atom. The number of nitrogens with zero attached hydrogens (tertiary/aromatic N) is 4. The summed E-state index contributed by atoms with van der Waals surface area (Å²) < 4.78 is 7.48. The number of ether oxygens (including phenoxy) is 1. The van der Waals surface area contributed by atoms with Crippen LogP contribution in [0.1, 0.15) is 48.4 Å². The number of aromatic nitrogens is 2. The molecule has 0 N–H and O–H groups in total. The van der Waals surface area contributed by atoms with Gasteiger partial charge in [0.2, 0.25) is 0 Å². The molecule has 1 saturated heterocycles. The van der Waals surface area contributed by atoms with Crippen molar-refractivity contribution >= 4 is 11.6 Å². The van der Waals surface area contributed by atoms with E-state index in [2.05, 4.69) is 29.9 Å². The molecule has 0 spiro atoms. The number of piperazine rings is 1. The first-order valence-corrected chi connectivity index (χ1v) is 10.2. The topological polar surface area (TPSA) is 50.6 Å². The van der Waals surface area contributed by atoms with Crippen molar-refractivity contribution in [2.24, 2.45) is 7.05 Å². The van der Waals surface area contributed by atoms with E-state index in [-0.39, 0.29) is 11.4 Å². The lowest BCUT2D eigenvalue weighted by Crippen LogP contribution is -2.60. The number of methoxy groups -OCH3 is 1. The lowest BCUT2D eigenvalue weighted by atomic mass is 9.94. The van der Waals surface area contributed by atoms with E-state index in [9.17, 15) is 4.79 Å². The van der Waals surface area contributed by atoms with Gasteiger partial charge in [-0.3, -0.25) is 9.48 Å². The maximum atomic E-state index is 13.3. The Morgan fingerprint density at radius 3 is 2.64 bits per heavy atom. The van der Waals surface area contributed by atoms with Gasteiger partial charge in [0.05, 0.1) is 18.3 Å². The predicted molar refractivity (Wildman–Crippen MR) is 110 cm³/mol. The average Bonchev–Trinajstić information content (AvgIpc) is 3.03. The van der Waals surface area contributed by atoms with Crippen LogP contribution in [0.2, 0.25) is 0 Å². The Morgan fingerprint density at radius 1 is 1.14 bits per heavy atom. The molecular weight excluding hydrogens is 352 g/mol. The molecule has 1 aliphatic carbocycles. The molecule has 1 amide bonds. The van der Waals surface area contributed by atoms with Crippen LogP contribution < -0.4 is 9.64 Å². The highest BCUT2D eigenvalue weighted by Crippen LogP contribution is 2.35. The molecule has 1 aromatic heterocycles. The van der Waals surface area contributed by atoms with Crippen LogP contribution in [-0.2, 0) is 19.9 Å². The summed E-state index contributed by atoms with van der Waals surface area (Å²) in [6.45, 7) is 6.49. The SMILES string of the molecule is COc1ccccc1N1CCN(C(=O)c2nn(C)c3c2CCCC3)CC1(C)C. The van der Waals surface area contributed by atoms with Crippen molar-refractivity contribution in [2.75, 3.05) is 31.6 Å². The normalized spacial score (nSPS) is 18.7. The Balaban J connectivity index is 1.57.